The van der Waals surface area contributed by atoms with Crippen molar-refractivity contribution in [3.8, 4) is 5.75 Å². The van der Waals surface area contributed by atoms with E-state index >= 15 is 0 Å². The summed E-state index contributed by atoms with van der Waals surface area (Å²) in [5, 5.41) is 3.68. The summed E-state index contributed by atoms with van der Waals surface area (Å²) in [5.41, 5.74) is 2.26. The molecule has 2 aliphatic rings. The van der Waals surface area contributed by atoms with Crippen molar-refractivity contribution in [1.29, 1.82) is 0 Å². The van der Waals surface area contributed by atoms with Crippen LogP contribution in [0.25, 0.3) is 0 Å². The topological polar surface area (TPSA) is 74.8 Å². The highest BCUT2D eigenvalue weighted by atomic mass is 32.2. The number of pyridine rings is 1. The van der Waals surface area contributed by atoms with E-state index in [0.717, 1.165) is 30.6 Å². The van der Waals surface area contributed by atoms with E-state index < -0.39 is 10.0 Å². The average molecular weight is 477 g/mol. The van der Waals surface area contributed by atoms with Crippen LogP contribution in [0, 0.1) is 5.82 Å². The van der Waals surface area contributed by atoms with Crippen molar-refractivity contribution in [3.05, 3.63) is 53.5 Å². The lowest BCUT2D eigenvalue weighted by Gasteiger charge is -2.34. The van der Waals surface area contributed by atoms with E-state index in [4.69, 9.17) is 4.74 Å². The van der Waals surface area contributed by atoms with Gasteiger partial charge in [-0.15, -0.1) is 0 Å². The van der Waals surface area contributed by atoms with Crippen LogP contribution in [0.15, 0.2) is 36.5 Å². The number of rotatable bonds is 7. The standard InChI is InChI=1S/C24H33FN4O3S/c1-17(18-5-8-22(25)23(15-18)32-2)27-21-7-4-19(14-21)20-6-9-24(26-16-20)28-10-12-29(13-11-28)33(3,30)31/h5-6,8-9,15-17,19,21,27H,4,7,10-14H2,1-3H3/t17-,19?,21?/m1/s1. The molecule has 0 radical (unpaired) electrons. The molecule has 7 nitrogen and oxygen atoms in total. The lowest BCUT2D eigenvalue weighted by molar-refractivity contribution is 0.384. The molecule has 2 unspecified atom stereocenters. The second-order valence-corrected chi connectivity index (χ2v) is 11.1. The van der Waals surface area contributed by atoms with Crippen molar-refractivity contribution in [2.75, 3.05) is 44.4 Å². The van der Waals surface area contributed by atoms with Gasteiger partial charge in [0.05, 0.1) is 13.4 Å². The summed E-state index contributed by atoms with van der Waals surface area (Å²) in [4.78, 5) is 6.83. The minimum Gasteiger partial charge on any atom is -0.494 e. The zero-order valence-corrected chi connectivity index (χ0v) is 20.3. The SMILES string of the molecule is COc1cc([C@@H](C)NC2CCC(c3ccc(N4CCN(S(C)(=O)=O)CC4)nc3)C2)ccc1F. The van der Waals surface area contributed by atoms with Crippen molar-refractivity contribution >= 4 is 15.8 Å². The molecule has 1 N–H and O–H groups in total. The first-order valence-electron chi connectivity index (χ1n) is 11.5. The molecule has 2 heterocycles. The monoisotopic (exact) mass is 476 g/mol. The summed E-state index contributed by atoms with van der Waals surface area (Å²) < 4.78 is 43.7. The van der Waals surface area contributed by atoms with Gasteiger partial charge in [0, 0.05) is 44.5 Å². The predicted molar refractivity (Wildman–Crippen MR) is 128 cm³/mol. The minimum absolute atomic E-state index is 0.106. The third-order valence-electron chi connectivity index (χ3n) is 6.87. The van der Waals surface area contributed by atoms with Gasteiger partial charge < -0.3 is 15.0 Å². The Balaban J connectivity index is 1.31. The van der Waals surface area contributed by atoms with Gasteiger partial charge in [-0.05, 0) is 61.4 Å². The Bertz CT molecular complexity index is 1060. The zero-order valence-electron chi connectivity index (χ0n) is 19.5. The second kappa shape index (κ2) is 9.95. The van der Waals surface area contributed by atoms with E-state index in [1.807, 2.05) is 6.20 Å². The largest absolute Gasteiger partial charge is 0.494 e. The normalized spacial score (nSPS) is 23.0. The molecule has 1 aromatic heterocycles. The molecule has 0 bridgehead atoms. The number of halogens is 1. The molecule has 4 rings (SSSR count). The highest BCUT2D eigenvalue weighted by Crippen LogP contribution is 2.36. The van der Waals surface area contributed by atoms with Gasteiger partial charge in [0.2, 0.25) is 10.0 Å². The maximum absolute atomic E-state index is 13.7. The van der Waals surface area contributed by atoms with Crippen molar-refractivity contribution in [2.24, 2.45) is 0 Å². The lowest BCUT2D eigenvalue weighted by atomic mass is 9.99. The maximum atomic E-state index is 13.7. The Morgan fingerprint density at radius 3 is 2.55 bits per heavy atom. The molecule has 0 amide bonds. The molecule has 1 saturated carbocycles. The van der Waals surface area contributed by atoms with Crippen molar-refractivity contribution in [2.45, 2.75) is 44.2 Å². The number of methoxy groups -OCH3 is 1. The fourth-order valence-corrected chi connectivity index (χ4v) is 5.73. The van der Waals surface area contributed by atoms with Crippen molar-refractivity contribution < 1.29 is 17.5 Å². The van der Waals surface area contributed by atoms with Gasteiger partial charge in [0.1, 0.15) is 5.82 Å². The van der Waals surface area contributed by atoms with Gasteiger partial charge in [-0.25, -0.2) is 17.8 Å². The Kier molecular flexibility index (Phi) is 7.21. The molecule has 33 heavy (non-hydrogen) atoms. The number of hydrogen-bond acceptors (Lipinski definition) is 6. The first kappa shape index (κ1) is 23.9. The Hall–Kier alpha value is -2.23. The first-order valence-corrected chi connectivity index (χ1v) is 13.3. The van der Waals surface area contributed by atoms with Crippen molar-refractivity contribution in [1.82, 2.24) is 14.6 Å². The number of piperazine rings is 1. The molecule has 1 aliphatic heterocycles. The predicted octanol–water partition coefficient (Wildman–Crippen LogP) is 3.30. The Morgan fingerprint density at radius 2 is 1.91 bits per heavy atom. The van der Waals surface area contributed by atoms with E-state index in [0.29, 0.717) is 38.1 Å². The third kappa shape index (κ3) is 5.65. The van der Waals surface area contributed by atoms with Gasteiger partial charge in [0.15, 0.2) is 11.6 Å². The number of ether oxygens (including phenoxy) is 1. The zero-order chi connectivity index (χ0) is 23.6. The number of anilines is 1. The number of sulfonamides is 1. The van der Waals surface area contributed by atoms with Crippen LogP contribution in [0.2, 0.25) is 0 Å². The van der Waals surface area contributed by atoms with Crippen LogP contribution >= 0.6 is 0 Å². The molecule has 1 saturated heterocycles. The summed E-state index contributed by atoms with van der Waals surface area (Å²) in [6.45, 7) is 4.40. The number of nitrogens with zero attached hydrogens (tertiary/aromatic N) is 3. The summed E-state index contributed by atoms with van der Waals surface area (Å²) in [6, 6.07) is 9.74. The van der Waals surface area contributed by atoms with Gasteiger partial charge in [-0.2, -0.15) is 4.31 Å². The molecule has 1 aromatic carbocycles. The molecule has 0 spiro atoms. The van der Waals surface area contributed by atoms with Crippen LogP contribution in [0.4, 0.5) is 10.2 Å². The number of nitrogens with one attached hydrogen (secondary N) is 1. The average Bonchev–Trinajstić information content (AvgIpc) is 3.27. The van der Waals surface area contributed by atoms with Crippen molar-refractivity contribution in [3.63, 3.8) is 0 Å². The highest BCUT2D eigenvalue weighted by Gasteiger charge is 2.28. The summed E-state index contributed by atoms with van der Waals surface area (Å²) in [6.07, 6.45) is 6.46. The van der Waals surface area contributed by atoms with Crippen LogP contribution in [-0.2, 0) is 10.0 Å². The third-order valence-corrected chi connectivity index (χ3v) is 8.17. The molecular weight excluding hydrogens is 443 g/mol. The van der Waals surface area contributed by atoms with Gasteiger partial charge in [-0.1, -0.05) is 12.1 Å². The van der Waals surface area contributed by atoms with Crippen LogP contribution in [-0.4, -0.2) is 63.3 Å². The van der Waals surface area contributed by atoms with Gasteiger partial charge in [0.25, 0.3) is 0 Å². The summed E-state index contributed by atoms with van der Waals surface area (Å²) in [7, 11) is -1.65. The molecule has 180 valence electrons. The Morgan fingerprint density at radius 1 is 1.15 bits per heavy atom. The van der Waals surface area contributed by atoms with Crippen LogP contribution in [0.5, 0.6) is 5.75 Å². The van der Waals surface area contributed by atoms with E-state index in [-0.39, 0.29) is 17.6 Å². The molecule has 2 aromatic rings. The number of aromatic nitrogens is 1. The molecule has 9 heteroatoms. The fourth-order valence-electron chi connectivity index (χ4n) is 4.91. The smallest absolute Gasteiger partial charge is 0.211 e. The highest BCUT2D eigenvalue weighted by molar-refractivity contribution is 7.88. The summed E-state index contributed by atoms with van der Waals surface area (Å²) >= 11 is 0. The quantitative estimate of drug-likeness (QED) is 0.661. The summed E-state index contributed by atoms with van der Waals surface area (Å²) in [5.74, 6) is 1.29. The molecular formula is C24H33FN4O3S. The lowest BCUT2D eigenvalue weighted by Crippen LogP contribution is -2.48. The van der Waals surface area contributed by atoms with E-state index in [2.05, 4.69) is 34.3 Å². The number of hydrogen-bond donors (Lipinski definition) is 1. The van der Waals surface area contributed by atoms with Crippen LogP contribution < -0.4 is 15.0 Å². The maximum Gasteiger partial charge on any atom is 0.211 e. The molecule has 1 aliphatic carbocycles. The fraction of sp³-hybridized carbons (Fsp3) is 0.542. The molecule has 3 atom stereocenters. The van der Waals surface area contributed by atoms with Gasteiger partial charge in [-0.3, -0.25) is 0 Å². The first-order chi connectivity index (χ1) is 15.7. The van der Waals surface area contributed by atoms with Crippen LogP contribution in [0.1, 0.15) is 49.3 Å². The van der Waals surface area contributed by atoms with E-state index in [1.165, 1.54) is 29.3 Å². The Labute approximate surface area is 196 Å². The van der Waals surface area contributed by atoms with E-state index in [1.54, 1.807) is 12.1 Å². The van der Waals surface area contributed by atoms with Crippen LogP contribution in [0.3, 0.4) is 0 Å². The minimum atomic E-state index is -3.13. The van der Waals surface area contributed by atoms with E-state index in [9.17, 15) is 12.8 Å². The number of benzene rings is 1. The van der Waals surface area contributed by atoms with Gasteiger partial charge >= 0.3 is 0 Å². The molecule has 2 fully saturated rings. The second-order valence-electron chi connectivity index (χ2n) is 9.09.